The number of amides is 1. The number of carbonyl (C=O) groups excluding carboxylic acids is 2. The number of piperidine rings is 2. The fourth-order valence-corrected chi connectivity index (χ4v) is 6.42. The average Bonchev–Trinajstić information content (AvgIpc) is 2.87. The first-order valence-corrected chi connectivity index (χ1v) is 13.7. The Labute approximate surface area is 201 Å². The molecular formula is C24H34N2O7S. The van der Waals surface area contributed by atoms with Crippen LogP contribution in [0.2, 0.25) is 0 Å². The van der Waals surface area contributed by atoms with Crippen molar-refractivity contribution in [1.29, 1.82) is 0 Å². The predicted octanol–water partition coefficient (Wildman–Crippen LogP) is 2.58. The number of fused-ring (bicyclic) bond motifs is 1. The maximum atomic E-state index is 13.1. The summed E-state index contributed by atoms with van der Waals surface area (Å²) in [7, 11) is -3.72. The highest BCUT2D eigenvalue weighted by molar-refractivity contribution is 7.89. The van der Waals surface area contributed by atoms with E-state index in [-0.39, 0.29) is 29.9 Å². The standard InChI is InChI=1S/C24H34N2O7S/c1-3-19-6-4-5-11-26(19)23(27)17(2)33-24(28)18-9-12-25(13-10-18)34(29,30)20-7-8-21-22(16-20)32-15-14-31-21/h7-8,16-19H,3-6,9-15H2,1-2H3/t17-,19-/m0/s1. The van der Waals surface area contributed by atoms with E-state index in [9.17, 15) is 18.0 Å². The lowest BCUT2D eigenvalue weighted by atomic mass is 9.98. The quantitative estimate of drug-likeness (QED) is 0.560. The Bertz CT molecular complexity index is 1000. The summed E-state index contributed by atoms with van der Waals surface area (Å²) in [6, 6.07) is 4.81. The number of esters is 1. The molecule has 4 rings (SSSR count). The summed E-state index contributed by atoms with van der Waals surface area (Å²) in [6.45, 7) is 5.63. The molecule has 0 radical (unpaired) electrons. The molecule has 9 nitrogen and oxygen atoms in total. The molecule has 1 aromatic carbocycles. The number of carbonyl (C=O) groups is 2. The first-order chi connectivity index (χ1) is 16.3. The Morgan fingerprint density at radius 1 is 1.06 bits per heavy atom. The van der Waals surface area contributed by atoms with Crippen LogP contribution in [-0.4, -0.2) is 74.5 Å². The summed E-state index contributed by atoms with van der Waals surface area (Å²) in [5.74, 6) is -0.0420. The molecule has 0 bridgehead atoms. The van der Waals surface area contributed by atoms with Gasteiger partial charge in [-0.25, -0.2) is 8.42 Å². The Morgan fingerprint density at radius 3 is 2.47 bits per heavy atom. The van der Waals surface area contributed by atoms with Gasteiger partial charge in [-0.3, -0.25) is 9.59 Å². The molecule has 0 N–H and O–H groups in total. The second-order valence-corrected chi connectivity index (χ2v) is 11.1. The lowest BCUT2D eigenvalue weighted by molar-refractivity contribution is -0.165. The minimum atomic E-state index is -3.72. The minimum absolute atomic E-state index is 0.140. The summed E-state index contributed by atoms with van der Waals surface area (Å²) in [5, 5.41) is 0. The van der Waals surface area contributed by atoms with Gasteiger partial charge in [-0.2, -0.15) is 4.31 Å². The van der Waals surface area contributed by atoms with Gasteiger partial charge in [0.15, 0.2) is 17.6 Å². The Balaban J connectivity index is 1.32. The van der Waals surface area contributed by atoms with Crippen molar-refractivity contribution < 1.29 is 32.2 Å². The van der Waals surface area contributed by atoms with E-state index in [2.05, 4.69) is 6.92 Å². The van der Waals surface area contributed by atoms with Gasteiger partial charge in [0, 0.05) is 31.7 Å². The molecular weight excluding hydrogens is 460 g/mol. The molecule has 3 aliphatic rings. The fourth-order valence-electron chi connectivity index (χ4n) is 4.93. The molecule has 0 unspecified atom stereocenters. The van der Waals surface area contributed by atoms with E-state index in [1.807, 2.05) is 4.90 Å². The molecule has 3 heterocycles. The van der Waals surface area contributed by atoms with E-state index in [1.165, 1.54) is 16.4 Å². The SMILES string of the molecule is CC[C@H]1CCCCN1C(=O)[C@H](C)OC(=O)C1CCN(S(=O)(=O)c2ccc3c(c2)OCCO3)CC1. The summed E-state index contributed by atoms with van der Waals surface area (Å²) >= 11 is 0. The van der Waals surface area contributed by atoms with Crippen LogP contribution in [0.4, 0.5) is 0 Å². The fraction of sp³-hybridized carbons (Fsp3) is 0.667. The first-order valence-electron chi connectivity index (χ1n) is 12.2. The number of likely N-dealkylation sites (tertiary alicyclic amines) is 1. The summed E-state index contributed by atoms with van der Waals surface area (Å²) < 4.78 is 44.1. The molecule has 0 saturated carbocycles. The topological polar surface area (TPSA) is 102 Å². The molecule has 2 saturated heterocycles. The smallest absolute Gasteiger partial charge is 0.309 e. The normalized spacial score (nSPS) is 22.8. The molecule has 0 spiro atoms. The maximum absolute atomic E-state index is 13.1. The van der Waals surface area contributed by atoms with Crippen LogP contribution in [0.3, 0.4) is 0 Å². The van der Waals surface area contributed by atoms with Crippen LogP contribution in [0.15, 0.2) is 23.1 Å². The molecule has 1 amide bonds. The van der Waals surface area contributed by atoms with E-state index in [4.69, 9.17) is 14.2 Å². The number of ether oxygens (including phenoxy) is 3. The second kappa shape index (κ2) is 10.5. The molecule has 2 atom stereocenters. The van der Waals surface area contributed by atoms with Crippen molar-refractivity contribution in [3.63, 3.8) is 0 Å². The molecule has 1 aromatic rings. The van der Waals surface area contributed by atoms with E-state index in [0.717, 1.165) is 25.7 Å². The van der Waals surface area contributed by atoms with Crippen molar-refractivity contribution in [1.82, 2.24) is 9.21 Å². The number of benzene rings is 1. The van der Waals surface area contributed by atoms with Crippen LogP contribution >= 0.6 is 0 Å². The molecule has 188 valence electrons. The lowest BCUT2D eigenvalue weighted by Gasteiger charge is -2.37. The molecule has 0 aliphatic carbocycles. The van der Waals surface area contributed by atoms with Gasteiger partial charge in [0.05, 0.1) is 10.8 Å². The molecule has 10 heteroatoms. The van der Waals surface area contributed by atoms with Crippen LogP contribution in [0.1, 0.15) is 52.4 Å². The number of rotatable bonds is 6. The number of hydrogen-bond acceptors (Lipinski definition) is 7. The Hall–Kier alpha value is -2.33. The van der Waals surface area contributed by atoms with Crippen molar-refractivity contribution in [3.05, 3.63) is 18.2 Å². The van der Waals surface area contributed by atoms with Gasteiger partial charge in [-0.1, -0.05) is 6.92 Å². The van der Waals surface area contributed by atoms with Gasteiger partial charge in [-0.15, -0.1) is 0 Å². The highest BCUT2D eigenvalue weighted by Crippen LogP contribution is 2.34. The second-order valence-electron chi connectivity index (χ2n) is 9.15. The molecule has 0 aromatic heterocycles. The maximum Gasteiger partial charge on any atom is 0.309 e. The zero-order valence-corrected chi connectivity index (χ0v) is 20.7. The largest absolute Gasteiger partial charge is 0.486 e. The van der Waals surface area contributed by atoms with Gasteiger partial charge in [0.2, 0.25) is 10.0 Å². The van der Waals surface area contributed by atoms with Crippen molar-refractivity contribution in [2.45, 2.75) is 69.4 Å². The highest BCUT2D eigenvalue weighted by atomic mass is 32.2. The summed E-state index contributed by atoms with van der Waals surface area (Å²) in [5.41, 5.74) is 0. The zero-order valence-electron chi connectivity index (χ0n) is 19.9. The van der Waals surface area contributed by atoms with E-state index >= 15 is 0 Å². The average molecular weight is 495 g/mol. The van der Waals surface area contributed by atoms with Gasteiger partial charge < -0.3 is 19.1 Å². The van der Waals surface area contributed by atoms with Crippen LogP contribution < -0.4 is 9.47 Å². The van der Waals surface area contributed by atoms with Crippen molar-refractivity contribution >= 4 is 21.9 Å². The van der Waals surface area contributed by atoms with Crippen molar-refractivity contribution in [2.24, 2.45) is 5.92 Å². The van der Waals surface area contributed by atoms with Crippen molar-refractivity contribution in [2.75, 3.05) is 32.8 Å². The Morgan fingerprint density at radius 2 is 1.76 bits per heavy atom. The summed E-state index contributed by atoms with van der Waals surface area (Å²) in [6.07, 6.45) is 3.83. The molecule has 2 fully saturated rings. The zero-order chi connectivity index (χ0) is 24.3. The third-order valence-corrected chi connectivity index (χ3v) is 8.86. The lowest BCUT2D eigenvalue weighted by Crippen LogP contribution is -2.49. The van der Waals surface area contributed by atoms with Crippen LogP contribution in [-0.2, 0) is 24.3 Å². The number of sulfonamides is 1. The van der Waals surface area contributed by atoms with Gasteiger partial charge >= 0.3 is 5.97 Å². The van der Waals surface area contributed by atoms with Gasteiger partial charge in [0.25, 0.3) is 5.91 Å². The number of nitrogens with zero attached hydrogens (tertiary/aromatic N) is 2. The van der Waals surface area contributed by atoms with Gasteiger partial charge in [-0.05, 0) is 57.6 Å². The molecule has 3 aliphatic heterocycles. The number of hydrogen-bond donors (Lipinski definition) is 0. The van der Waals surface area contributed by atoms with E-state index in [1.54, 1.807) is 13.0 Å². The van der Waals surface area contributed by atoms with Crippen LogP contribution in [0, 0.1) is 5.92 Å². The highest BCUT2D eigenvalue weighted by Gasteiger charge is 2.36. The molecule has 34 heavy (non-hydrogen) atoms. The summed E-state index contributed by atoms with van der Waals surface area (Å²) in [4.78, 5) is 27.6. The third kappa shape index (κ3) is 5.17. The van der Waals surface area contributed by atoms with Crippen LogP contribution in [0.25, 0.3) is 0 Å². The van der Waals surface area contributed by atoms with Gasteiger partial charge in [0.1, 0.15) is 13.2 Å². The monoisotopic (exact) mass is 494 g/mol. The van der Waals surface area contributed by atoms with Crippen LogP contribution in [0.5, 0.6) is 11.5 Å². The van der Waals surface area contributed by atoms with E-state index in [0.29, 0.717) is 44.1 Å². The third-order valence-electron chi connectivity index (χ3n) is 6.96. The Kier molecular flexibility index (Phi) is 7.67. The predicted molar refractivity (Wildman–Crippen MR) is 124 cm³/mol. The minimum Gasteiger partial charge on any atom is -0.486 e. The first kappa shape index (κ1) is 24.8. The van der Waals surface area contributed by atoms with Crippen molar-refractivity contribution in [3.8, 4) is 11.5 Å². The van der Waals surface area contributed by atoms with E-state index < -0.39 is 28.0 Å².